The van der Waals surface area contributed by atoms with Crippen LogP contribution in [0.3, 0.4) is 0 Å². The van der Waals surface area contributed by atoms with Crippen LogP contribution in [0.4, 0.5) is 0 Å². The van der Waals surface area contributed by atoms with Gasteiger partial charge >= 0.3 is 0 Å². The van der Waals surface area contributed by atoms with Crippen LogP contribution in [0.2, 0.25) is 0 Å². The molecule has 1 amide bonds. The molecule has 0 atom stereocenters. The van der Waals surface area contributed by atoms with E-state index in [-0.39, 0.29) is 11.8 Å². The average molecular weight is 355 g/mol. The zero-order valence-electron chi connectivity index (χ0n) is 16.0. The lowest BCUT2D eigenvalue weighted by molar-refractivity contribution is -0.123. The van der Waals surface area contributed by atoms with Crippen LogP contribution in [-0.2, 0) is 17.8 Å². The van der Waals surface area contributed by atoms with Crippen molar-refractivity contribution in [2.24, 2.45) is 17.6 Å². The molecule has 1 aliphatic rings. The summed E-state index contributed by atoms with van der Waals surface area (Å²) in [6.07, 6.45) is 2.52. The Morgan fingerprint density at radius 3 is 2.65 bits per heavy atom. The number of hydrogen-bond donors (Lipinski definition) is 1. The molecule has 26 heavy (non-hydrogen) atoms. The Kier molecular flexibility index (Phi) is 5.71. The van der Waals surface area contributed by atoms with Crippen molar-refractivity contribution in [1.29, 1.82) is 0 Å². The monoisotopic (exact) mass is 355 g/mol. The first-order chi connectivity index (χ1) is 12.4. The highest BCUT2D eigenvalue weighted by molar-refractivity contribution is 5.76. The number of nitrogens with two attached hydrogens (primary N) is 1. The van der Waals surface area contributed by atoms with Gasteiger partial charge in [0.2, 0.25) is 5.91 Å². The number of aryl methyl sites for hydroxylation is 1. The van der Waals surface area contributed by atoms with Crippen molar-refractivity contribution in [3.05, 3.63) is 41.5 Å². The van der Waals surface area contributed by atoms with Crippen LogP contribution in [0, 0.1) is 18.8 Å². The lowest BCUT2D eigenvalue weighted by Gasteiger charge is -2.30. The number of likely N-dealkylation sites (tertiary alicyclic amines) is 1. The summed E-state index contributed by atoms with van der Waals surface area (Å²) < 4.78 is 1.98. The third-order valence-electron chi connectivity index (χ3n) is 4.91. The van der Waals surface area contributed by atoms with E-state index in [9.17, 15) is 4.79 Å². The van der Waals surface area contributed by atoms with Gasteiger partial charge in [0, 0.05) is 12.3 Å². The number of benzene rings is 1. The molecule has 0 radical (unpaired) electrons. The van der Waals surface area contributed by atoms with Gasteiger partial charge in [-0.1, -0.05) is 26.0 Å². The van der Waals surface area contributed by atoms with E-state index in [0.717, 1.165) is 56.2 Å². The third kappa shape index (κ3) is 4.49. The maximum Gasteiger partial charge on any atom is 0.220 e. The molecule has 0 bridgehead atoms. The molecule has 2 aromatic rings. The molecular formula is C20H29N5O. The first-order valence-electron chi connectivity index (χ1n) is 9.46. The molecule has 1 aromatic carbocycles. The largest absolute Gasteiger partial charge is 0.369 e. The minimum absolute atomic E-state index is 0.0115. The van der Waals surface area contributed by atoms with Crippen LogP contribution >= 0.6 is 0 Å². The molecule has 1 saturated heterocycles. The van der Waals surface area contributed by atoms with E-state index >= 15 is 0 Å². The van der Waals surface area contributed by atoms with E-state index in [2.05, 4.69) is 49.9 Å². The number of primary amides is 1. The zero-order valence-corrected chi connectivity index (χ0v) is 16.0. The van der Waals surface area contributed by atoms with E-state index in [1.165, 1.54) is 5.56 Å². The Morgan fingerprint density at radius 2 is 2.04 bits per heavy atom. The average Bonchev–Trinajstić information content (AvgIpc) is 2.97. The first kappa shape index (κ1) is 18.6. The Morgan fingerprint density at radius 1 is 1.31 bits per heavy atom. The number of carbonyl (C=O) groups is 1. The van der Waals surface area contributed by atoms with E-state index in [1.54, 1.807) is 0 Å². The summed E-state index contributed by atoms with van der Waals surface area (Å²) in [6.45, 7) is 8.93. The molecule has 1 aliphatic heterocycles. The summed E-state index contributed by atoms with van der Waals surface area (Å²) in [5.41, 5.74) is 7.70. The molecule has 6 heteroatoms. The van der Waals surface area contributed by atoms with Crippen LogP contribution in [-0.4, -0.2) is 38.7 Å². The van der Waals surface area contributed by atoms with E-state index < -0.39 is 0 Å². The normalized spacial score (nSPS) is 16.3. The second-order valence-corrected chi connectivity index (χ2v) is 7.75. The Balaban J connectivity index is 1.81. The van der Waals surface area contributed by atoms with Gasteiger partial charge in [-0.2, -0.15) is 5.10 Å². The zero-order chi connectivity index (χ0) is 18.7. The van der Waals surface area contributed by atoms with Crippen LogP contribution in [0.25, 0.3) is 5.69 Å². The molecule has 0 spiro atoms. The predicted molar refractivity (Wildman–Crippen MR) is 102 cm³/mol. The van der Waals surface area contributed by atoms with Crippen molar-refractivity contribution in [1.82, 2.24) is 19.7 Å². The Bertz CT molecular complexity index is 759. The minimum Gasteiger partial charge on any atom is -0.369 e. The van der Waals surface area contributed by atoms with Gasteiger partial charge in [-0.25, -0.2) is 9.67 Å². The van der Waals surface area contributed by atoms with Gasteiger partial charge in [0.05, 0.1) is 12.2 Å². The molecule has 6 nitrogen and oxygen atoms in total. The summed E-state index contributed by atoms with van der Waals surface area (Å²) in [7, 11) is 0. The summed E-state index contributed by atoms with van der Waals surface area (Å²) in [6, 6.07) is 8.35. The van der Waals surface area contributed by atoms with Crippen LogP contribution in [0.15, 0.2) is 24.3 Å². The second kappa shape index (κ2) is 7.99. The van der Waals surface area contributed by atoms with Crippen LogP contribution in [0.1, 0.15) is 43.9 Å². The second-order valence-electron chi connectivity index (χ2n) is 7.75. The highest BCUT2D eigenvalue weighted by Gasteiger charge is 2.24. The maximum atomic E-state index is 11.4. The fourth-order valence-corrected chi connectivity index (χ4v) is 3.49. The van der Waals surface area contributed by atoms with Crippen molar-refractivity contribution < 1.29 is 4.79 Å². The molecule has 140 valence electrons. The van der Waals surface area contributed by atoms with Crippen molar-refractivity contribution in [3.63, 3.8) is 0 Å². The molecular weight excluding hydrogens is 326 g/mol. The number of aromatic nitrogens is 3. The SMILES string of the molecule is Cc1cccc(-n2nc(CC(C)C)nc2CN2CCC(C(N)=O)CC2)c1. The van der Waals surface area contributed by atoms with Gasteiger partial charge in [0.1, 0.15) is 5.82 Å². The third-order valence-corrected chi connectivity index (χ3v) is 4.91. The van der Waals surface area contributed by atoms with Crippen molar-refractivity contribution in [2.45, 2.75) is 46.6 Å². The predicted octanol–water partition coefficient (Wildman–Crippen LogP) is 2.47. The summed E-state index contributed by atoms with van der Waals surface area (Å²) in [5, 5.41) is 4.78. The lowest BCUT2D eigenvalue weighted by atomic mass is 9.96. The summed E-state index contributed by atoms with van der Waals surface area (Å²) in [4.78, 5) is 18.5. The molecule has 3 rings (SSSR count). The van der Waals surface area contributed by atoms with Gasteiger partial charge in [-0.05, 0) is 56.5 Å². The van der Waals surface area contributed by atoms with Crippen LogP contribution < -0.4 is 5.73 Å². The van der Waals surface area contributed by atoms with Gasteiger partial charge in [-0.3, -0.25) is 9.69 Å². The number of carbonyl (C=O) groups excluding carboxylic acids is 1. The number of hydrogen-bond acceptors (Lipinski definition) is 4. The maximum absolute atomic E-state index is 11.4. The number of nitrogens with zero attached hydrogens (tertiary/aromatic N) is 4. The van der Waals surface area contributed by atoms with E-state index in [1.807, 2.05) is 4.68 Å². The van der Waals surface area contributed by atoms with E-state index in [4.69, 9.17) is 15.8 Å². The van der Waals surface area contributed by atoms with Crippen LogP contribution in [0.5, 0.6) is 0 Å². The van der Waals surface area contributed by atoms with Gasteiger partial charge in [-0.15, -0.1) is 0 Å². The van der Waals surface area contributed by atoms with Gasteiger partial charge in [0.15, 0.2) is 5.82 Å². The molecule has 1 fully saturated rings. The Hall–Kier alpha value is -2.21. The minimum atomic E-state index is -0.174. The first-order valence-corrected chi connectivity index (χ1v) is 9.46. The molecule has 0 unspecified atom stereocenters. The lowest BCUT2D eigenvalue weighted by Crippen LogP contribution is -2.38. The number of rotatable bonds is 6. The molecule has 0 aliphatic carbocycles. The van der Waals surface area contributed by atoms with Gasteiger partial charge < -0.3 is 5.73 Å². The molecule has 2 heterocycles. The summed E-state index contributed by atoms with van der Waals surface area (Å²) >= 11 is 0. The standard InChI is InChI=1S/C20H29N5O/c1-14(2)11-18-22-19(13-24-9-7-16(8-10-24)20(21)26)25(23-18)17-6-4-5-15(3)12-17/h4-6,12,14,16H,7-11,13H2,1-3H3,(H2,21,26). The highest BCUT2D eigenvalue weighted by atomic mass is 16.1. The number of amides is 1. The fraction of sp³-hybridized carbons (Fsp3) is 0.550. The molecule has 1 aromatic heterocycles. The van der Waals surface area contributed by atoms with Gasteiger partial charge in [0.25, 0.3) is 0 Å². The highest BCUT2D eigenvalue weighted by Crippen LogP contribution is 2.20. The van der Waals surface area contributed by atoms with Crippen molar-refractivity contribution >= 4 is 5.91 Å². The smallest absolute Gasteiger partial charge is 0.220 e. The Labute approximate surface area is 155 Å². The van der Waals surface area contributed by atoms with Crippen molar-refractivity contribution in [3.8, 4) is 5.69 Å². The summed E-state index contributed by atoms with van der Waals surface area (Å²) in [5.74, 6) is 2.21. The topological polar surface area (TPSA) is 77.0 Å². The van der Waals surface area contributed by atoms with Crippen molar-refractivity contribution in [2.75, 3.05) is 13.1 Å². The quantitative estimate of drug-likeness (QED) is 0.863. The molecule has 0 saturated carbocycles. The fourth-order valence-electron chi connectivity index (χ4n) is 3.49. The molecule has 2 N–H and O–H groups in total. The van der Waals surface area contributed by atoms with E-state index in [0.29, 0.717) is 5.92 Å². The number of piperidine rings is 1.